The summed E-state index contributed by atoms with van der Waals surface area (Å²) < 4.78 is 0. The van der Waals surface area contributed by atoms with Crippen molar-refractivity contribution in [2.75, 3.05) is 12.9 Å². The zero-order chi connectivity index (χ0) is 13.7. The molecular weight excluding hydrogens is 250 g/mol. The van der Waals surface area contributed by atoms with Gasteiger partial charge >= 0.3 is 0 Å². The van der Waals surface area contributed by atoms with Gasteiger partial charge in [-0.15, -0.1) is 0 Å². The number of amides is 1. The molecule has 0 heterocycles. The quantitative estimate of drug-likeness (QED) is 0.758. The summed E-state index contributed by atoms with van der Waals surface area (Å²) >= 11 is 1.50. The Labute approximate surface area is 111 Å². The zero-order valence-electron chi connectivity index (χ0n) is 10.8. The minimum atomic E-state index is -0.323. The van der Waals surface area contributed by atoms with E-state index in [4.69, 9.17) is 5.11 Å². The number of benzene rings is 1. The molecule has 0 spiro atoms. The molecule has 100 valence electrons. The molecule has 18 heavy (non-hydrogen) atoms. The van der Waals surface area contributed by atoms with Gasteiger partial charge in [-0.05, 0) is 31.7 Å². The number of aryl methyl sites for hydroxylation is 1. The lowest BCUT2D eigenvalue weighted by Crippen LogP contribution is -2.41. The van der Waals surface area contributed by atoms with Crippen LogP contribution in [0, 0.1) is 6.92 Å². The largest absolute Gasteiger partial charge is 0.507 e. The summed E-state index contributed by atoms with van der Waals surface area (Å²) in [5.74, 6) is -0.317. The van der Waals surface area contributed by atoms with Crippen LogP contribution in [-0.2, 0) is 0 Å². The van der Waals surface area contributed by atoms with Crippen molar-refractivity contribution >= 4 is 17.7 Å². The van der Waals surface area contributed by atoms with E-state index in [1.807, 2.05) is 13.2 Å². The highest BCUT2D eigenvalue weighted by atomic mass is 32.2. The third kappa shape index (κ3) is 3.40. The highest BCUT2D eigenvalue weighted by Crippen LogP contribution is 2.21. The van der Waals surface area contributed by atoms with Crippen molar-refractivity contribution in [2.24, 2.45) is 0 Å². The molecule has 2 unspecified atom stereocenters. The maximum absolute atomic E-state index is 12.0. The topological polar surface area (TPSA) is 69.6 Å². The molecule has 3 N–H and O–H groups in total. The minimum absolute atomic E-state index is 0.00239. The molecule has 0 saturated heterocycles. The highest BCUT2D eigenvalue weighted by molar-refractivity contribution is 7.99. The van der Waals surface area contributed by atoms with Crippen LogP contribution in [0.15, 0.2) is 18.2 Å². The van der Waals surface area contributed by atoms with Crippen LogP contribution in [0.5, 0.6) is 5.75 Å². The Bertz CT molecular complexity index is 419. The lowest BCUT2D eigenvalue weighted by molar-refractivity contribution is 0.0933. The van der Waals surface area contributed by atoms with Crippen LogP contribution in [0.1, 0.15) is 22.8 Å². The molecule has 0 aliphatic rings. The van der Waals surface area contributed by atoms with Gasteiger partial charge in [0.2, 0.25) is 0 Å². The SMILES string of the molecule is CSC(CO)C(C)NC(=O)c1cccc(C)c1O. The van der Waals surface area contributed by atoms with Gasteiger partial charge in [0.15, 0.2) is 0 Å². The molecule has 0 aliphatic heterocycles. The monoisotopic (exact) mass is 269 g/mol. The van der Waals surface area contributed by atoms with Gasteiger partial charge in [0.05, 0.1) is 12.2 Å². The van der Waals surface area contributed by atoms with Gasteiger partial charge in [-0.3, -0.25) is 4.79 Å². The number of aromatic hydroxyl groups is 1. The maximum Gasteiger partial charge on any atom is 0.255 e. The fraction of sp³-hybridized carbons (Fsp3) is 0.462. The van der Waals surface area contributed by atoms with Crippen molar-refractivity contribution in [2.45, 2.75) is 25.1 Å². The molecule has 0 radical (unpaired) electrons. The summed E-state index contributed by atoms with van der Waals surface area (Å²) in [7, 11) is 0. The number of phenolic OH excluding ortho intramolecular Hbond substituents is 1. The number of para-hydroxylation sites is 1. The number of carbonyl (C=O) groups is 1. The number of carbonyl (C=O) groups excluding carboxylic acids is 1. The van der Waals surface area contributed by atoms with Crippen LogP contribution < -0.4 is 5.32 Å². The third-order valence-corrected chi connectivity index (χ3v) is 4.04. The van der Waals surface area contributed by atoms with Crippen molar-refractivity contribution in [1.82, 2.24) is 5.32 Å². The number of hydrogen-bond donors (Lipinski definition) is 3. The first-order chi connectivity index (χ1) is 8.51. The highest BCUT2D eigenvalue weighted by Gasteiger charge is 2.20. The second kappa shape index (κ2) is 6.66. The van der Waals surface area contributed by atoms with Crippen molar-refractivity contribution in [3.05, 3.63) is 29.3 Å². The van der Waals surface area contributed by atoms with E-state index in [-0.39, 0.29) is 35.1 Å². The Morgan fingerprint density at radius 3 is 2.72 bits per heavy atom. The van der Waals surface area contributed by atoms with E-state index in [1.165, 1.54) is 11.8 Å². The van der Waals surface area contributed by atoms with E-state index >= 15 is 0 Å². The van der Waals surface area contributed by atoms with E-state index < -0.39 is 0 Å². The number of nitrogens with one attached hydrogen (secondary N) is 1. The van der Waals surface area contributed by atoms with Gasteiger partial charge in [0, 0.05) is 11.3 Å². The molecule has 4 nitrogen and oxygen atoms in total. The molecule has 0 bridgehead atoms. The average Bonchev–Trinajstić information content (AvgIpc) is 2.34. The van der Waals surface area contributed by atoms with E-state index in [0.29, 0.717) is 5.56 Å². The second-order valence-corrected chi connectivity index (χ2v) is 5.27. The lowest BCUT2D eigenvalue weighted by Gasteiger charge is -2.21. The van der Waals surface area contributed by atoms with Crippen LogP contribution >= 0.6 is 11.8 Å². The van der Waals surface area contributed by atoms with Crippen LogP contribution in [0.25, 0.3) is 0 Å². The van der Waals surface area contributed by atoms with Crippen LogP contribution in [0.4, 0.5) is 0 Å². The Morgan fingerprint density at radius 2 is 2.17 bits per heavy atom. The Hall–Kier alpha value is -1.20. The molecule has 2 atom stereocenters. The predicted octanol–water partition coefficient (Wildman–Crippen LogP) is 1.54. The first-order valence-corrected chi connectivity index (χ1v) is 7.03. The van der Waals surface area contributed by atoms with Crippen LogP contribution in [-0.4, -0.2) is 40.3 Å². The Morgan fingerprint density at radius 1 is 1.50 bits per heavy atom. The molecule has 0 fully saturated rings. The van der Waals surface area contributed by atoms with Crippen molar-refractivity contribution in [3.63, 3.8) is 0 Å². The van der Waals surface area contributed by atoms with E-state index in [1.54, 1.807) is 25.1 Å². The molecule has 0 aromatic heterocycles. The lowest BCUT2D eigenvalue weighted by atomic mass is 10.1. The zero-order valence-corrected chi connectivity index (χ0v) is 11.6. The molecular formula is C13H19NO3S. The number of phenols is 1. The summed E-state index contributed by atoms with van der Waals surface area (Å²) in [5, 5.41) is 21.7. The number of thioether (sulfide) groups is 1. The summed E-state index contributed by atoms with van der Waals surface area (Å²) in [5.41, 5.74) is 0.929. The molecule has 1 amide bonds. The van der Waals surface area contributed by atoms with E-state index in [9.17, 15) is 9.90 Å². The summed E-state index contributed by atoms with van der Waals surface area (Å²) in [4.78, 5) is 12.0. The smallest absolute Gasteiger partial charge is 0.255 e. The summed E-state index contributed by atoms with van der Waals surface area (Å²) in [6.07, 6.45) is 1.88. The van der Waals surface area contributed by atoms with E-state index in [0.717, 1.165) is 0 Å². The molecule has 5 heteroatoms. The van der Waals surface area contributed by atoms with Gasteiger partial charge in [-0.25, -0.2) is 0 Å². The van der Waals surface area contributed by atoms with Gasteiger partial charge in [-0.1, -0.05) is 12.1 Å². The second-order valence-electron chi connectivity index (χ2n) is 4.19. The third-order valence-electron chi connectivity index (χ3n) is 2.88. The summed E-state index contributed by atoms with van der Waals surface area (Å²) in [6.45, 7) is 3.58. The molecule has 1 aromatic rings. The van der Waals surface area contributed by atoms with Crippen LogP contribution in [0.2, 0.25) is 0 Å². The van der Waals surface area contributed by atoms with Crippen molar-refractivity contribution in [1.29, 1.82) is 0 Å². The molecule has 1 aromatic carbocycles. The maximum atomic E-state index is 12.0. The van der Waals surface area contributed by atoms with Gasteiger partial charge in [0.25, 0.3) is 5.91 Å². The normalized spacial score (nSPS) is 14.0. The fourth-order valence-electron chi connectivity index (χ4n) is 1.66. The predicted molar refractivity (Wildman–Crippen MR) is 74.2 cm³/mol. The van der Waals surface area contributed by atoms with Crippen molar-refractivity contribution < 1.29 is 15.0 Å². The van der Waals surface area contributed by atoms with Crippen LogP contribution in [0.3, 0.4) is 0 Å². The average molecular weight is 269 g/mol. The summed E-state index contributed by atoms with van der Waals surface area (Å²) in [6, 6.07) is 4.88. The number of aliphatic hydroxyl groups excluding tert-OH is 1. The van der Waals surface area contributed by atoms with Gasteiger partial charge in [-0.2, -0.15) is 11.8 Å². The van der Waals surface area contributed by atoms with Gasteiger partial charge in [0.1, 0.15) is 5.75 Å². The van der Waals surface area contributed by atoms with Crippen molar-refractivity contribution in [3.8, 4) is 5.75 Å². The Kier molecular flexibility index (Phi) is 5.50. The number of rotatable bonds is 5. The minimum Gasteiger partial charge on any atom is -0.507 e. The first kappa shape index (κ1) is 14.9. The van der Waals surface area contributed by atoms with Gasteiger partial charge < -0.3 is 15.5 Å². The Balaban J connectivity index is 2.79. The fourth-order valence-corrected chi connectivity index (χ4v) is 2.28. The standard InChI is InChI=1S/C13H19NO3S/c1-8-5-4-6-10(12(8)16)13(17)14-9(2)11(7-15)18-3/h4-6,9,11,15-16H,7H2,1-3H3,(H,14,17). The molecule has 0 aliphatic carbocycles. The number of hydrogen-bond acceptors (Lipinski definition) is 4. The van der Waals surface area contributed by atoms with E-state index in [2.05, 4.69) is 5.32 Å². The molecule has 1 rings (SSSR count). The first-order valence-electron chi connectivity index (χ1n) is 5.74. The number of aliphatic hydroxyl groups is 1. The molecule has 0 saturated carbocycles.